The Morgan fingerprint density at radius 3 is 2.60 bits per heavy atom. The highest BCUT2D eigenvalue weighted by Crippen LogP contribution is 2.20. The van der Waals surface area contributed by atoms with E-state index in [1.54, 1.807) is 11.1 Å². The standard InChI is InChI=1S/C14H22N4O2/c1-5-10-14(20)18(8-11-15-6-7-17(11)4)12(9(2)3)13(19)16-10/h6-7,9-10,12H,5,8H2,1-4H3,(H,16,19). The van der Waals surface area contributed by atoms with E-state index in [9.17, 15) is 9.59 Å². The van der Waals surface area contributed by atoms with E-state index in [-0.39, 0.29) is 17.7 Å². The summed E-state index contributed by atoms with van der Waals surface area (Å²) in [6.07, 6.45) is 4.14. The monoisotopic (exact) mass is 278 g/mol. The molecule has 6 nitrogen and oxygen atoms in total. The van der Waals surface area contributed by atoms with E-state index < -0.39 is 12.1 Å². The first-order chi connectivity index (χ1) is 9.45. The van der Waals surface area contributed by atoms with E-state index in [2.05, 4.69) is 10.3 Å². The largest absolute Gasteiger partial charge is 0.343 e. The van der Waals surface area contributed by atoms with Crippen LogP contribution in [0, 0.1) is 5.92 Å². The lowest BCUT2D eigenvalue weighted by Gasteiger charge is -2.40. The number of nitrogens with zero attached hydrogens (tertiary/aromatic N) is 3. The van der Waals surface area contributed by atoms with Crippen LogP contribution < -0.4 is 5.32 Å². The lowest BCUT2D eigenvalue weighted by atomic mass is 9.96. The molecule has 2 heterocycles. The fourth-order valence-corrected chi connectivity index (χ4v) is 2.61. The number of amides is 2. The van der Waals surface area contributed by atoms with Crippen molar-refractivity contribution >= 4 is 11.8 Å². The van der Waals surface area contributed by atoms with Gasteiger partial charge >= 0.3 is 0 Å². The molecule has 1 aliphatic rings. The Morgan fingerprint density at radius 1 is 1.40 bits per heavy atom. The molecule has 6 heteroatoms. The molecule has 2 atom stereocenters. The first-order valence-corrected chi connectivity index (χ1v) is 7.02. The van der Waals surface area contributed by atoms with Crippen LogP contribution in [0.3, 0.4) is 0 Å². The molecule has 0 aliphatic carbocycles. The van der Waals surface area contributed by atoms with Gasteiger partial charge in [-0.25, -0.2) is 4.98 Å². The fourth-order valence-electron chi connectivity index (χ4n) is 2.61. The maximum atomic E-state index is 12.5. The Hall–Kier alpha value is -1.85. The molecule has 2 unspecified atom stereocenters. The lowest BCUT2D eigenvalue weighted by Crippen LogP contribution is -2.64. The fraction of sp³-hybridized carbons (Fsp3) is 0.643. The molecule has 1 N–H and O–H groups in total. The molecule has 110 valence electrons. The van der Waals surface area contributed by atoms with Gasteiger partial charge in [-0.15, -0.1) is 0 Å². The van der Waals surface area contributed by atoms with Crippen LogP contribution in [0.2, 0.25) is 0 Å². The van der Waals surface area contributed by atoms with Crippen molar-refractivity contribution in [2.75, 3.05) is 0 Å². The minimum absolute atomic E-state index is 0.0196. The van der Waals surface area contributed by atoms with Gasteiger partial charge in [0, 0.05) is 19.4 Å². The maximum Gasteiger partial charge on any atom is 0.246 e. The van der Waals surface area contributed by atoms with Crippen LogP contribution in [-0.4, -0.2) is 38.3 Å². The van der Waals surface area contributed by atoms with Crippen molar-refractivity contribution in [3.8, 4) is 0 Å². The summed E-state index contributed by atoms with van der Waals surface area (Å²) < 4.78 is 1.87. The second kappa shape index (κ2) is 5.64. The van der Waals surface area contributed by atoms with Crippen molar-refractivity contribution in [1.29, 1.82) is 0 Å². The van der Waals surface area contributed by atoms with Crippen molar-refractivity contribution in [2.45, 2.75) is 45.8 Å². The van der Waals surface area contributed by atoms with Gasteiger partial charge in [-0.3, -0.25) is 9.59 Å². The first kappa shape index (κ1) is 14.6. The van der Waals surface area contributed by atoms with Gasteiger partial charge in [0.25, 0.3) is 0 Å². The highest BCUT2D eigenvalue weighted by molar-refractivity contribution is 5.97. The van der Waals surface area contributed by atoms with Crippen LogP contribution in [0.4, 0.5) is 0 Å². The molecule has 1 saturated heterocycles. The topological polar surface area (TPSA) is 67.2 Å². The van der Waals surface area contributed by atoms with E-state index in [4.69, 9.17) is 0 Å². The molecule has 0 saturated carbocycles. The molecule has 1 aromatic rings. The third-order valence-corrected chi connectivity index (χ3v) is 3.77. The van der Waals surface area contributed by atoms with Crippen LogP contribution >= 0.6 is 0 Å². The van der Waals surface area contributed by atoms with Gasteiger partial charge in [0.2, 0.25) is 11.8 Å². The molecule has 20 heavy (non-hydrogen) atoms. The van der Waals surface area contributed by atoms with Crippen LogP contribution in [0.25, 0.3) is 0 Å². The van der Waals surface area contributed by atoms with E-state index in [1.807, 2.05) is 38.6 Å². The summed E-state index contributed by atoms with van der Waals surface area (Å²) in [6.45, 7) is 6.18. The van der Waals surface area contributed by atoms with Crippen molar-refractivity contribution in [3.63, 3.8) is 0 Å². The predicted molar refractivity (Wildman–Crippen MR) is 74.6 cm³/mol. The normalized spacial score (nSPS) is 23.4. The molecule has 2 amide bonds. The number of piperazine rings is 1. The number of aromatic nitrogens is 2. The molecule has 0 aromatic carbocycles. The molecule has 1 aliphatic heterocycles. The number of nitrogens with one attached hydrogen (secondary N) is 1. The molecular formula is C14H22N4O2. The maximum absolute atomic E-state index is 12.5. The zero-order chi connectivity index (χ0) is 14.9. The third kappa shape index (κ3) is 2.55. The van der Waals surface area contributed by atoms with E-state index in [0.717, 1.165) is 5.82 Å². The molecule has 1 fully saturated rings. The minimum Gasteiger partial charge on any atom is -0.343 e. The van der Waals surface area contributed by atoms with Crippen molar-refractivity contribution in [3.05, 3.63) is 18.2 Å². The second-order valence-corrected chi connectivity index (χ2v) is 5.58. The lowest BCUT2D eigenvalue weighted by molar-refractivity contribution is -0.152. The highest BCUT2D eigenvalue weighted by Gasteiger charge is 2.41. The van der Waals surface area contributed by atoms with Gasteiger partial charge in [0.05, 0.1) is 6.54 Å². The summed E-state index contributed by atoms with van der Waals surface area (Å²) in [4.78, 5) is 30.7. The number of hydrogen-bond acceptors (Lipinski definition) is 3. The minimum atomic E-state index is -0.429. The van der Waals surface area contributed by atoms with Crippen LogP contribution in [0.15, 0.2) is 12.4 Å². The van der Waals surface area contributed by atoms with Gasteiger partial charge < -0.3 is 14.8 Å². The van der Waals surface area contributed by atoms with Crippen LogP contribution in [-0.2, 0) is 23.2 Å². The van der Waals surface area contributed by atoms with E-state index >= 15 is 0 Å². The average molecular weight is 278 g/mol. The van der Waals surface area contributed by atoms with Gasteiger partial charge in [0.1, 0.15) is 17.9 Å². The molecule has 0 spiro atoms. The Morgan fingerprint density at radius 2 is 2.10 bits per heavy atom. The number of carbonyl (C=O) groups excluding carboxylic acids is 2. The Bertz CT molecular complexity index is 509. The summed E-state index contributed by atoms with van der Waals surface area (Å²) in [5, 5.41) is 2.81. The van der Waals surface area contributed by atoms with Gasteiger partial charge in [0.15, 0.2) is 0 Å². The van der Waals surface area contributed by atoms with E-state index in [0.29, 0.717) is 13.0 Å². The first-order valence-electron chi connectivity index (χ1n) is 7.02. The third-order valence-electron chi connectivity index (χ3n) is 3.77. The number of rotatable bonds is 4. The molecular weight excluding hydrogens is 256 g/mol. The van der Waals surface area contributed by atoms with Crippen LogP contribution in [0.1, 0.15) is 33.0 Å². The summed E-state index contributed by atoms with van der Waals surface area (Å²) in [5.74, 6) is 0.764. The van der Waals surface area contributed by atoms with Gasteiger partial charge in [-0.05, 0) is 12.3 Å². The molecule has 0 radical (unpaired) electrons. The molecule has 1 aromatic heterocycles. The van der Waals surface area contributed by atoms with Gasteiger partial charge in [-0.2, -0.15) is 0 Å². The summed E-state index contributed by atoms with van der Waals surface area (Å²) in [7, 11) is 1.89. The van der Waals surface area contributed by atoms with Gasteiger partial charge in [-0.1, -0.05) is 20.8 Å². The number of hydrogen-bond donors (Lipinski definition) is 1. The second-order valence-electron chi connectivity index (χ2n) is 5.58. The smallest absolute Gasteiger partial charge is 0.246 e. The number of aryl methyl sites for hydroxylation is 1. The number of imidazole rings is 1. The quantitative estimate of drug-likeness (QED) is 0.881. The summed E-state index contributed by atoms with van der Waals surface area (Å²) in [6, 6.07) is -0.847. The van der Waals surface area contributed by atoms with Crippen LogP contribution in [0.5, 0.6) is 0 Å². The molecule has 0 bridgehead atoms. The van der Waals surface area contributed by atoms with Crippen molar-refractivity contribution in [1.82, 2.24) is 19.8 Å². The highest BCUT2D eigenvalue weighted by atomic mass is 16.2. The Kier molecular flexibility index (Phi) is 4.11. The van der Waals surface area contributed by atoms with Crippen molar-refractivity contribution in [2.24, 2.45) is 13.0 Å². The molecule has 2 rings (SSSR count). The predicted octanol–water partition coefficient (Wildman–Crippen LogP) is 0.682. The summed E-state index contributed by atoms with van der Waals surface area (Å²) in [5.41, 5.74) is 0. The summed E-state index contributed by atoms with van der Waals surface area (Å²) >= 11 is 0. The SMILES string of the molecule is CCC1NC(=O)C(C(C)C)N(Cc2nccn2C)C1=O. The number of carbonyl (C=O) groups is 2. The average Bonchev–Trinajstić information content (AvgIpc) is 2.78. The Balaban J connectivity index is 2.29. The van der Waals surface area contributed by atoms with Crippen molar-refractivity contribution < 1.29 is 9.59 Å². The van der Waals surface area contributed by atoms with E-state index in [1.165, 1.54) is 0 Å². The zero-order valence-corrected chi connectivity index (χ0v) is 12.5. The Labute approximate surface area is 119 Å². The zero-order valence-electron chi connectivity index (χ0n) is 12.5.